The molecule has 0 aliphatic heterocycles. The van der Waals surface area contributed by atoms with E-state index in [1.165, 1.54) is 18.0 Å². The van der Waals surface area contributed by atoms with E-state index in [1.54, 1.807) is 6.07 Å². The number of amidine groups is 1. The topological polar surface area (TPSA) is 71.0 Å². The first-order chi connectivity index (χ1) is 8.72. The van der Waals surface area contributed by atoms with Gasteiger partial charge in [-0.05, 0) is 23.1 Å². The van der Waals surface area contributed by atoms with E-state index in [1.807, 2.05) is 36.6 Å². The van der Waals surface area contributed by atoms with Gasteiger partial charge in [0, 0.05) is 5.56 Å². The molecule has 0 saturated heterocycles. The van der Waals surface area contributed by atoms with Gasteiger partial charge in [-0.15, -0.1) is 5.10 Å². The molecule has 5 heteroatoms. The van der Waals surface area contributed by atoms with Gasteiger partial charge in [0.2, 0.25) is 0 Å². The smallest absolute Gasteiger partial charge is 0.180 e. The van der Waals surface area contributed by atoms with Crippen LogP contribution in [0, 0.1) is 0 Å². The van der Waals surface area contributed by atoms with Gasteiger partial charge in [0.1, 0.15) is 5.75 Å². The molecule has 2 aromatic carbocycles. The molecular weight excluding hydrogens is 246 g/mol. The van der Waals surface area contributed by atoms with E-state index in [4.69, 9.17) is 5.73 Å². The molecule has 0 spiro atoms. The number of rotatable bonds is 2. The fraction of sp³-hybridized carbons (Fsp3) is 0.0769. The molecule has 0 atom stereocenters. The summed E-state index contributed by atoms with van der Waals surface area (Å²) in [6.07, 6.45) is 3.34. The van der Waals surface area contributed by atoms with Crippen molar-refractivity contribution in [2.75, 3.05) is 6.26 Å². The van der Waals surface area contributed by atoms with Crippen LogP contribution in [0.1, 0.15) is 5.56 Å². The number of thioether (sulfide) groups is 1. The first-order valence-corrected chi connectivity index (χ1v) is 6.56. The molecule has 0 aliphatic carbocycles. The second-order valence-electron chi connectivity index (χ2n) is 3.61. The van der Waals surface area contributed by atoms with Gasteiger partial charge in [0.05, 0.1) is 6.21 Å². The number of hydrogen-bond donors (Lipinski definition) is 2. The number of hydrogen-bond acceptors (Lipinski definition) is 4. The molecule has 92 valence electrons. The molecule has 2 aromatic rings. The van der Waals surface area contributed by atoms with E-state index in [0.29, 0.717) is 10.7 Å². The van der Waals surface area contributed by atoms with E-state index in [-0.39, 0.29) is 5.75 Å². The van der Waals surface area contributed by atoms with Crippen LogP contribution >= 0.6 is 11.8 Å². The highest BCUT2D eigenvalue weighted by Crippen LogP contribution is 2.25. The minimum atomic E-state index is 0.176. The van der Waals surface area contributed by atoms with Crippen molar-refractivity contribution in [2.24, 2.45) is 15.9 Å². The van der Waals surface area contributed by atoms with Crippen LogP contribution in [-0.2, 0) is 0 Å². The molecule has 0 heterocycles. The van der Waals surface area contributed by atoms with E-state index in [2.05, 4.69) is 10.2 Å². The van der Waals surface area contributed by atoms with E-state index < -0.39 is 0 Å². The number of fused-ring (bicyclic) bond motifs is 1. The molecule has 0 aromatic heterocycles. The van der Waals surface area contributed by atoms with Crippen molar-refractivity contribution >= 4 is 33.9 Å². The van der Waals surface area contributed by atoms with Gasteiger partial charge in [-0.25, -0.2) is 0 Å². The third kappa shape index (κ3) is 2.62. The Morgan fingerprint density at radius 1 is 1.28 bits per heavy atom. The quantitative estimate of drug-likeness (QED) is 0.494. The third-order valence-corrected chi connectivity index (χ3v) is 3.00. The molecule has 0 bridgehead atoms. The van der Waals surface area contributed by atoms with Gasteiger partial charge in [0.15, 0.2) is 5.17 Å². The number of phenols is 1. The van der Waals surface area contributed by atoms with E-state index in [9.17, 15) is 5.11 Å². The van der Waals surface area contributed by atoms with Crippen LogP contribution in [0.3, 0.4) is 0 Å². The van der Waals surface area contributed by atoms with Crippen LogP contribution in [-0.4, -0.2) is 22.7 Å². The summed E-state index contributed by atoms with van der Waals surface area (Å²) in [6, 6.07) is 11.3. The maximum atomic E-state index is 9.85. The summed E-state index contributed by atoms with van der Waals surface area (Å²) in [5, 5.41) is 19.9. The Morgan fingerprint density at radius 2 is 2.06 bits per heavy atom. The average Bonchev–Trinajstić information content (AvgIpc) is 2.41. The minimum Gasteiger partial charge on any atom is -0.507 e. The first-order valence-electron chi connectivity index (χ1n) is 5.33. The summed E-state index contributed by atoms with van der Waals surface area (Å²) in [4.78, 5) is 0. The molecule has 0 saturated carbocycles. The molecular formula is C13H13N3OS. The highest BCUT2D eigenvalue weighted by molar-refractivity contribution is 8.13. The summed E-state index contributed by atoms with van der Waals surface area (Å²) in [6.45, 7) is 0. The second-order valence-corrected chi connectivity index (χ2v) is 4.43. The van der Waals surface area contributed by atoms with Crippen LogP contribution in [0.5, 0.6) is 5.75 Å². The first kappa shape index (κ1) is 12.4. The summed E-state index contributed by atoms with van der Waals surface area (Å²) in [5.41, 5.74) is 6.17. The Labute approximate surface area is 109 Å². The highest BCUT2D eigenvalue weighted by atomic mass is 32.2. The van der Waals surface area contributed by atoms with Crippen molar-refractivity contribution in [2.45, 2.75) is 0 Å². The van der Waals surface area contributed by atoms with Crippen LogP contribution in [0.15, 0.2) is 46.6 Å². The largest absolute Gasteiger partial charge is 0.507 e. The lowest BCUT2D eigenvalue weighted by Gasteiger charge is -2.03. The predicted octanol–water partition coefficient (Wildman–Crippen LogP) is 2.56. The van der Waals surface area contributed by atoms with Gasteiger partial charge >= 0.3 is 0 Å². The lowest BCUT2D eigenvalue weighted by molar-refractivity contribution is 0.475. The zero-order valence-electron chi connectivity index (χ0n) is 9.87. The fourth-order valence-corrected chi connectivity index (χ4v) is 1.73. The molecule has 4 nitrogen and oxygen atoms in total. The average molecular weight is 259 g/mol. The van der Waals surface area contributed by atoms with Gasteiger partial charge in [-0.3, -0.25) is 0 Å². The number of nitrogens with two attached hydrogens (primary N) is 1. The Balaban J connectivity index is 2.47. The lowest BCUT2D eigenvalue weighted by atomic mass is 10.0. The van der Waals surface area contributed by atoms with Crippen molar-refractivity contribution in [1.82, 2.24) is 0 Å². The van der Waals surface area contributed by atoms with E-state index >= 15 is 0 Å². The van der Waals surface area contributed by atoms with Gasteiger partial charge in [-0.2, -0.15) is 5.10 Å². The number of aromatic hydroxyl groups is 1. The van der Waals surface area contributed by atoms with Crippen LogP contribution in [0.4, 0.5) is 0 Å². The molecule has 2 rings (SSSR count). The molecule has 0 aliphatic rings. The summed E-state index contributed by atoms with van der Waals surface area (Å²) >= 11 is 1.32. The minimum absolute atomic E-state index is 0.176. The van der Waals surface area contributed by atoms with Crippen LogP contribution < -0.4 is 5.73 Å². The Kier molecular flexibility index (Phi) is 3.84. The van der Waals surface area contributed by atoms with Crippen molar-refractivity contribution in [1.29, 1.82) is 0 Å². The lowest BCUT2D eigenvalue weighted by Crippen LogP contribution is -2.03. The summed E-state index contributed by atoms with van der Waals surface area (Å²) < 4.78 is 0. The highest BCUT2D eigenvalue weighted by Gasteiger charge is 2.03. The zero-order valence-corrected chi connectivity index (χ0v) is 10.7. The van der Waals surface area contributed by atoms with Crippen LogP contribution in [0.2, 0.25) is 0 Å². The van der Waals surface area contributed by atoms with E-state index in [0.717, 1.165) is 10.8 Å². The second kappa shape index (κ2) is 5.55. The number of nitrogens with zero attached hydrogens (tertiary/aromatic N) is 2. The maximum absolute atomic E-state index is 9.85. The summed E-state index contributed by atoms with van der Waals surface area (Å²) in [7, 11) is 0. The van der Waals surface area contributed by atoms with Crippen LogP contribution in [0.25, 0.3) is 10.8 Å². The van der Waals surface area contributed by atoms with Crippen molar-refractivity contribution in [3.8, 4) is 5.75 Å². The Bertz CT molecular complexity index is 623. The SMILES string of the molecule is CSC(N)=N/N=C/c1c(O)ccc2ccccc12. The van der Waals surface area contributed by atoms with Crippen molar-refractivity contribution in [3.05, 3.63) is 42.0 Å². The van der Waals surface area contributed by atoms with Gasteiger partial charge in [0.25, 0.3) is 0 Å². The fourth-order valence-electron chi connectivity index (χ4n) is 1.60. The predicted molar refractivity (Wildman–Crippen MR) is 78.3 cm³/mol. The molecule has 18 heavy (non-hydrogen) atoms. The number of phenolic OH excluding ortho intramolecular Hbond substituents is 1. The third-order valence-electron chi connectivity index (χ3n) is 2.50. The maximum Gasteiger partial charge on any atom is 0.180 e. The van der Waals surface area contributed by atoms with Crippen molar-refractivity contribution in [3.63, 3.8) is 0 Å². The molecule has 0 unspecified atom stereocenters. The summed E-state index contributed by atoms with van der Waals surface area (Å²) in [5.74, 6) is 0.176. The Hall–Kier alpha value is -2.01. The molecule has 0 amide bonds. The molecule has 0 fully saturated rings. The van der Waals surface area contributed by atoms with Gasteiger partial charge in [-0.1, -0.05) is 42.1 Å². The normalized spacial score (nSPS) is 12.4. The standard InChI is InChI=1S/C13H13N3OS/c1-18-13(14)16-15-8-11-10-5-3-2-4-9(10)6-7-12(11)17/h2-8,17H,1H3,(H2,14,16)/b15-8+. The number of benzene rings is 2. The monoisotopic (exact) mass is 259 g/mol. The van der Waals surface area contributed by atoms with Gasteiger partial charge < -0.3 is 10.8 Å². The molecule has 3 N–H and O–H groups in total. The van der Waals surface area contributed by atoms with Crippen molar-refractivity contribution < 1.29 is 5.11 Å². The Morgan fingerprint density at radius 3 is 2.83 bits per heavy atom. The molecule has 0 radical (unpaired) electrons. The zero-order chi connectivity index (χ0) is 13.0.